The molecule has 0 aromatic carbocycles. The van der Waals surface area contributed by atoms with Crippen molar-refractivity contribution >= 4 is 22.0 Å². The lowest BCUT2D eigenvalue weighted by Gasteiger charge is -2.21. The van der Waals surface area contributed by atoms with Gasteiger partial charge in [0.1, 0.15) is 0 Å². The van der Waals surface area contributed by atoms with Gasteiger partial charge in [-0.2, -0.15) is 0 Å². The van der Waals surface area contributed by atoms with Crippen molar-refractivity contribution in [2.75, 3.05) is 38.1 Å². The summed E-state index contributed by atoms with van der Waals surface area (Å²) in [5.74, 6) is 0. The molecule has 0 unspecified atom stereocenters. The van der Waals surface area contributed by atoms with Crippen molar-refractivity contribution in [2.45, 2.75) is 25.9 Å². The van der Waals surface area contributed by atoms with E-state index in [4.69, 9.17) is 0 Å². The molecule has 1 fully saturated rings. The molecule has 0 radical (unpaired) electrons. The van der Waals surface area contributed by atoms with Gasteiger partial charge in [-0.3, -0.25) is 10.1 Å². The lowest BCUT2D eigenvalue weighted by Crippen LogP contribution is -2.31. The molecule has 7 heteroatoms. The third kappa shape index (κ3) is 3.47. The van der Waals surface area contributed by atoms with Gasteiger partial charge in [-0.15, -0.1) is 11.3 Å². The summed E-state index contributed by atoms with van der Waals surface area (Å²) >= 11 is 1.30. The number of nitro groups is 1. The Morgan fingerprint density at radius 1 is 1.55 bits per heavy atom. The molecule has 0 spiro atoms. The van der Waals surface area contributed by atoms with E-state index in [0.29, 0.717) is 9.88 Å². The van der Waals surface area contributed by atoms with Crippen molar-refractivity contribution in [3.8, 4) is 0 Å². The van der Waals surface area contributed by atoms with Gasteiger partial charge in [-0.1, -0.05) is 0 Å². The van der Waals surface area contributed by atoms with Crippen molar-refractivity contribution in [3.63, 3.8) is 0 Å². The van der Waals surface area contributed by atoms with Crippen LogP contribution in [0.15, 0.2) is 6.07 Å². The summed E-state index contributed by atoms with van der Waals surface area (Å²) < 4.78 is 0. The third-order valence-corrected chi connectivity index (χ3v) is 5.03. The monoisotopic (exact) mass is 299 g/mol. The summed E-state index contributed by atoms with van der Waals surface area (Å²) in [6, 6.07) is 1.48. The highest BCUT2D eigenvalue weighted by molar-refractivity contribution is 7.16. The second-order valence-corrected chi connectivity index (χ2v) is 6.30. The average molecular weight is 299 g/mol. The Labute approximate surface area is 122 Å². The highest BCUT2D eigenvalue weighted by Crippen LogP contribution is 2.39. The van der Waals surface area contributed by atoms with E-state index in [2.05, 4.69) is 4.90 Å². The van der Waals surface area contributed by atoms with E-state index >= 15 is 0 Å². The number of thiophene rings is 1. The van der Waals surface area contributed by atoms with Gasteiger partial charge in [0, 0.05) is 31.1 Å². The molecular formula is C13H21N3O3S. The lowest BCUT2D eigenvalue weighted by molar-refractivity contribution is -0.383. The van der Waals surface area contributed by atoms with Gasteiger partial charge in [-0.25, -0.2) is 0 Å². The molecule has 2 rings (SSSR count). The molecule has 20 heavy (non-hydrogen) atoms. The number of aliphatic hydroxyl groups excluding tert-OH is 1. The first-order valence-electron chi connectivity index (χ1n) is 6.88. The van der Waals surface area contributed by atoms with Crippen molar-refractivity contribution in [3.05, 3.63) is 21.1 Å². The zero-order valence-electron chi connectivity index (χ0n) is 11.9. The largest absolute Gasteiger partial charge is 0.388 e. The van der Waals surface area contributed by atoms with Crippen molar-refractivity contribution in [1.29, 1.82) is 0 Å². The first-order valence-corrected chi connectivity index (χ1v) is 7.70. The summed E-state index contributed by atoms with van der Waals surface area (Å²) in [7, 11) is 1.88. The number of likely N-dealkylation sites (tertiary alicyclic amines) is 1. The Balaban J connectivity index is 2.06. The number of anilines is 1. The van der Waals surface area contributed by atoms with Gasteiger partial charge >= 0.3 is 5.69 Å². The second kappa shape index (κ2) is 6.51. The van der Waals surface area contributed by atoms with Crippen LogP contribution in [0.2, 0.25) is 0 Å². The molecule has 0 saturated carbocycles. The fourth-order valence-corrected chi connectivity index (χ4v) is 3.45. The van der Waals surface area contributed by atoms with Gasteiger partial charge in [-0.05, 0) is 32.9 Å². The van der Waals surface area contributed by atoms with Crippen LogP contribution >= 0.6 is 11.3 Å². The molecule has 0 amide bonds. The van der Waals surface area contributed by atoms with Crippen LogP contribution in [0.4, 0.5) is 10.7 Å². The Morgan fingerprint density at radius 2 is 2.20 bits per heavy atom. The molecule has 112 valence electrons. The number of nitrogens with zero attached hydrogens (tertiary/aromatic N) is 3. The van der Waals surface area contributed by atoms with Gasteiger partial charge in [0.2, 0.25) is 0 Å². The quantitative estimate of drug-likeness (QED) is 0.644. The molecule has 1 saturated heterocycles. The van der Waals surface area contributed by atoms with Crippen LogP contribution in [0, 0.1) is 10.1 Å². The van der Waals surface area contributed by atoms with Crippen LogP contribution < -0.4 is 4.90 Å². The van der Waals surface area contributed by atoms with E-state index in [9.17, 15) is 15.2 Å². The minimum Gasteiger partial charge on any atom is -0.388 e. The zero-order valence-corrected chi connectivity index (χ0v) is 12.7. The predicted octanol–water partition coefficient (Wildman–Crippen LogP) is 2.24. The van der Waals surface area contributed by atoms with E-state index < -0.39 is 6.10 Å². The Kier molecular flexibility index (Phi) is 4.95. The smallest absolute Gasteiger partial charge is 0.304 e. The van der Waals surface area contributed by atoms with Crippen LogP contribution in [0.5, 0.6) is 0 Å². The minimum absolute atomic E-state index is 0.0924. The highest BCUT2D eigenvalue weighted by atomic mass is 32.1. The number of hydrogen-bond acceptors (Lipinski definition) is 6. The maximum Gasteiger partial charge on any atom is 0.304 e. The molecule has 1 atom stereocenters. The SMILES string of the molecule is C[C@H](O)c1cc([N+](=O)[O-])c(N(C)CCN2CCCC2)s1. The van der Waals surface area contributed by atoms with Crippen molar-refractivity contribution in [1.82, 2.24) is 4.90 Å². The fourth-order valence-electron chi connectivity index (χ4n) is 2.40. The van der Waals surface area contributed by atoms with E-state index in [-0.39, 0.29) is 10.6 Å². The maximum atomic E-state index is 11.1. The number of likely N-dealkylation sites (N-methyl/N-ethyl adjacent to an activating group) is 1. The van der Waals surface area contributed by atoms with Crippen molar-refractivity contribution < 1.29 is 10.0 Å². The number of aliphatic hydroxyl groups is 1. The van der Waals surface area contributed by atoms with Crippen LogP contribution in [0.1, 0.15) is 30.7 Å². The Bertz CT molecular complexity index is 469. The van der Waals surface area contributed by atoms with Crippen LogP contribution in [-0.4, -0.2) is 48.2 Å². The topological polar surface area (TPSA) is 69.8 Å². The summed E-state index contributed by atoms with van der Waals surface area (Å²) in [5, 5.41) is 21.3. The normalized spacial score (nSPS) is 17.4. The summed E-state index contributed by atoms with van der Waals surface area (Å²) in [6.07, 6.45) is 1.82. The third-order valence-electron chi connectivity index (χ3n) is 3.62. The first-order chi connectivity index (χ1) is 9.49. The summed E-state index contributed by atoms with van der Waals surface area (Å²) in [6.45, 7) is 5.57. The van der Waals surface area contributed by atoms with E-state index in [0.717, 1.165) is 26.2 Å². The van der Waals surface area contributed by atoms with Gasteiger partial charge in [0.25, 0.3) is 0 Å². The summed E-state index contributed by atoms with van der Waals surface area (Å²) in [4.78, 5) is 15.7. The maximum absolute atomic E-state index is 11.1. The van der Waals surface area contributed by atoms with Crippen LogP contribution in [0.25, 0.3) is 0 Å². The zero-order chi connectivity index (χ0) is 14.7. The molecule has 6 nitrogen and oxygen atoms in total. The second-order valence-electron chi connectivity index (χ2n) is 5.24. The summed E-state index contributed by atoms with van der Waals surface area (Å²) in [5.41, 5.74) is 0.0924. The van der Waals surface area contributed by atoms with Crippen LogP contribution in [-0.2, 0) is 0 Å². The molecular weight excluding hydrogens is 278 g/mol. The van der Waals surface area contributed by atoms with Gasteiger partial charge < -0.3 is 14.9 Å². The fraction of sp³-hybridized carbons (Fsp3) is 0.692. The lowest BCUT2D eigenvalue weighted by atomic mass is 10.3. The molecule has 0 bridgehead atoms. The standard InChI is InChI=1S/C13H21N3O3S/c1-10(17)12-9-11(16(18)19)13(20-12)14(2)7-8-15-5-3-4-6-15/h9-10,17H,3-8H2,1-2H3/t10-/m0/s1. The molecule has 1 aromatic heterocycles. The highest BCUT2D eigenvalue weighted by Gasteiger charge is 2.24. The number of rotatable bonds is 6. The molecule has 0 aliphatic carbocycles. The predicted molar refractivity (Wildman–Crippen MR) is 80.6 cm³/mol. The van der Waals surface area contributed by atoms with Gasteiger partial charge in [0.15, 0.2) is 5.00 Å². The van der Waals surface area contributed by atoms with E-state index in [1.165, 1.54) is 30.2 Å². The Morgan fingerprint density at radius 3 is 2.75 bits per heavy atom. The first kappa shape index (κ1) is 15.2. The minimum atomic E-state index is -0.667. The molecule has 1 aliphatic rings. The Hall–Kier alpha value is -1.18. The molecule has 1 aromatic rings. The number of hydrogen-bond donors (Lipinski definition) is 1. The average Bonchev–Trinajstić information content (AvgIpc) is 3.04. The molecule has 2 heterocycles. The van der Waals surface area contributed by atoms with E-state index in [1.54, 1.807) is 6.92 Å². The van der Waals surface area contributed by atoms with Crippen molar-refractivity contribution in [2.24, 2.45) is 0 Å². The van der Waals surface area contributed by atoms with Gasteiger partial charge in [0.05, 0.1) is 11.0 Å². The van der Waals surface area contributed by atoms with Crippen LogP contribution in [0.3, 0.4) is 0 Å². The molecule has 1 N–H and O–H groups in total. The van der Waals surface area contributed by atoms with E-state index in [1.807, 2.05) is 11.9 Å². The molecule has 1 aliphatic heterocycles.